The van der Waals surface area contributed by atoms with E-state index in [1.165, 1.54) is 23.9 Å². The lowest BCUT2D eigenvalue weighted by molar-refractivity contribution is -0.384. The molecule has 1 N–H and O–H groups in total. The summed E-state index contributed by atoms with van der Waals surface area (Å²) in [6.07, 6.45) is 3.47. The first-order chi connectivity index (χ1) is 13.0. The molecule has 1 saturated heterocycles. The average Bonchev–Trinajstić information content (AvgIpc) is 3.11. The smallest absolute Gasteiger partial charge is 0.334 e. The Hall–Kier alpha value is -2.49. The molecule has 2 heterocycles. The van der Waals surface area contributed by atoms with Crippen LogP contribution >= 0.6 is 11.8 Å². The number of thioether (sulfide) groups is 1. The van der Waals surface area contributed by atoms with Crippen LogP contribution < -0.4 is 0 Å². The number of nitro groups is 1. The van der Waals surface area contributed by atoms with Crippen molar-refractivity contribution < 1.29 is 19.6 Å². The number of carbonyl (C=O) groups is 1. The number of hydrogen-bond donors (Lipinski definition) is 1. The summed E-state index contributed by atoms with van der Waals surface area (Å²) in [5.74, 6) is -0.413. The maximum atomic E-state index is 12.7. The van der Waals surface area contributed by atoms with E-state index in [0.29, 0.717) is 25.1 Å². The zero-order valence-electron chi connectivity index (χ0n) is 14.4. The minimum atomic E-state index is -0.581. The highest BCUT2D eigenvalue weighted by Gasteiger charge is 2.33. The maximum Gasteiger partial charge on any atom is 0.334 e. The van der Waals surface area contributed by atoms with Gasteiger partial charge in [-0.2, -0.15) is 0 Å². The summed E-state index contributed by atoms with van der Waals surface area (Å²) in [4.78, 5) is 29.7. The Balaban J connectivity index is 1.65. The standard InChI is InChI=1S/C18H19N3O5S/c22-15-7-10-20(11-15)17(27-16-5-8-19-9-6-16)18(23)26-12-13-1-3-14(4-2-13)21(24)25/h1-6,8-9,15,17,22H,7,10-12H2/t15-,17?/m1/s1. The summed E-state index contributed by atoms with van der Waals surface area (Å²) in [6, 6.07) is 9.51. The van der Waals surface area contributed by atoms with Crippen LogP contribution in [0.5, 0.6) is 0 Å². The molecule has 2 aromatic rings. The van der Waals surface area contributed by atoms with E-state index >= 15 is 0 Å². The Morgan fingerprint density at radius 1 is 1.33 bits per heavy atom. The number of nitrogens with zero attached hydrogens (tertiary/aromatic N) is 3. The molecule has 0 bridgehead atoms. The van der Waals surface area contributed by atoms with Crippen LogP contribution in [0.25, 0.3) is 0 Å². The highest BCUT2D eigenvalue weighted by molar-refractivity contribution is 8.00. The molecule has 1 unspecified atom stereocenters. The first-order valence-corrected chi connectivity index (χ1v) is 9.29. The van der Waals surface area contributed by atoms with E-state index in [-0.39, 0.29) is 12.3 Å². The monoisotopic (exact) mass is 389 g/mol. The van der Waals surface area contributed by atoms with Crippen LogP contribution in [0.2, 0.25) is 0 Å². The minimum Gasteiger partial charge on any atom is -0.459 e. The first kappa shape index (κ1) is 19.3. The molecule has 142 valence electrons. The molecule has 1 fully saturated rings. The van der Waals surface area contributed by atoms with Crippen molar-refractivity contribution in [1.29, 1.82) is 0 Å². The van der Waals surface area contributed by atoms with Crippen molar-refractivity contribution >= 4 is 23.4 Å². The maximum absolute atomic E-state index is 12.7. The second-order valence-electron chi connectivity index (χ2n) is 6.12. The minimum absolute atomic E-state index is 0.0118. The Morgan fingerprint density at radius 3 is 2.63 bits per heavy atom. The number of hydrogen-bond acceptors (Lipinski definition) is 8. The van der Waals surface area contributed by atoms with Gasteiger partial charge >= 0.3 is 5.97 Å². The van der Waals surface area contributed by atoms with Gasteiger partial charge in [0.2, 0.25) is 0 Å². The number of aliphatic hydroxyl groups excluding tert-OH is 1. The van der Waals surface area contributed by atoms with E-state index in [9.17, 15) is 20.0 Å². The molecule has 1 aliphatic rings. The Morgan fingerprint density at radius 2 is 2.04 bits per heavy atom. The molecule has 1 aromatic carbocycles. The number of aliphatic hydroxyl groups is 1. The summed E-state index contributed by atoms with van der Waals surface area (Å²) >= 11 is 1.35. The van der Waals surface area contributed by atoms with Crippen molar-refractivity contribution in [3.8, 4) is 0 Å². The Kier molecular flexibility index (Phi) is 6.38. The summed E-state index contributed by atoms with van der Waals surface area (Å²) in [6.45, 7) is 1.05. The SMILES string of the molecule is O=C(OCc1ccc([N+](=O)[O-])cc1)C(Sc1ccncc1)N1CC[C@@H](O)C1. The van der Waals surface area contributed by atoms with E-state index in [4.69, 9.17) is 4.74 Å². The predicted molar refractivity (Wildman–Crippen MR) is 99.0 cm³/mol. The quantitative estimate of drug-likeness (QED) is 0.333. The largest absolute Gasteiger partial charge is 0.459 e. The molecule has 2 atom stereocenters. The topological polar surface area (TPSA) is 106 Å². The predicted octanol–water partition coefficient (Wildman–Crippen LogP) is 2.22. The molecule has 9 heteroatoms. The third kappa shape index (κ3) is 5.25. The fraction of sp³-hybridized carbons (Fsp3) is 0.333. The second-order valence-corrected chi connectivity index (χ2v) is 7.28. The van der Waals surface area contributed by atoms with Crippen LogP contribution in [0, 0.1) is 10.1 Å². The lowest BCUT2D eigenvalue weighted by atomic mass is 10.2. The Bertz CT molecular complexity index is 787. The number of likely N-dealkylation sites (tertiary alicyclic amines) is 1. The highest BCUT2D eigenvalue weighted by atomic mass is 32.2. The number of benzene rings is 1. The van der Waals surface area contributed by atoms with Crippen molar-refractivity contribution in [2.75, 3.05) is 13.1 Å². The van der Waals surface area contributed by atoms with Crippen molar-refractivity contribution in [2.45, 2.75) is 29.4 Å². The molecule has 0 radical (unpaired) electrons. The van der Waals surface area contributed by atoms with Crippen LogP contribution in [-0.4, -0.2) is 50.5 Å². The van der Waals surface area contributed by atoms with Crippen LogP contribution in [0.1, 0.15) is 12.0 Å². The van der Waals surface area contributed by atoms with Crippen molar-refractivity contribution in [2.24, 2.45) is 0 Å². The van der Waals surface area contributed by atoms with Crippen LogP contribution in [0.3, 0.4) is 0 Å². The van der Waals surface area contributed by atoms with Crippen molar-refractivity contribution in [1.82, 2.24) is 9.88 Å². The van der Waals surface area contributed by atoms with Gasteiger partial charge in [-0.05, 0) is 36.2 Å². The molecular weight excluding hydrogens is 370 g/mol. The van der Waals surface area contributed by atoms with Gasteiger partial charge < -0.3 is 9.84 Å². The van der Waals surface area contributed by atoms with E-state index < -0.39 is 22.4 Å². The van der Waals surface area contributed by atoms with Gasteiger partial charge in [-0.1, -0.05) is 11.8 Å². The van der Waals surface area contributed by atoms with Gasteiger partial charge in [0.1, 0.15) is 6.61 Å². The van der Waals surface area contributed by atoms with Crippen molar-refractivity contribution in [3.05, 3.63) is 64.5 Å². The van der Waals surface area contributed by atoms with Gasteiger partial charge in [0.05, 0.1) is 11.0 Å². The van der Waals surface area contributed by atoms with E-state index in [1.807, 2.05) is 17.0 Å². The van der Waals surface area contributed by atoms with Gasteiger partial charge in [-0.3, -0.25) is 20.0 Å². The number of pyridine rings is 1. The fourth-order valence-electron chi connectivity index (χ4n) is 2.74. The van der Waals surface area contributed by atoms with Crippen LogP contribution in [-0.2, 0) is 16.1 Å². The number of esters is 1. The van der Waals surface area contributed by atoms with Gasteiger partial charge in [0, 0.05) is 42.5 Å². The van der Waals surface area contributed by atoms with Gasteiger partial charge in [-0.15, -0.1) is 0 Å². The summed E-state index contributed by atoms with van der Waals surface area (Å²) in [7, 11) is 0. The molecule has 1 aromatic heterocycles. The molecule has 0 spiro atoms. The average molecular weight is 389 g/mol. The lowest BCUT2D eigenvalue weighted by Gasteiger charge is -2.25. The molecule has 8 nitrogen and oxygen atoms in total. The van der Waals surface area contributed by atoms with Gasteiger partial charge in [-0.25, -0.2) is 4.79 Å². The van der Waals surface area contributed by atoms with E-state index in [1.54, 1.807) is 24.5 Å². The molecule has 0 saturated carbocycles. The molecule has 27 heavy (non-hydrogen) atoms. The highest BCUT2D eigenvalue weighted by Crippen LogP contribution is 2.29. The zero-order chi connectivity index (χ0) is 19.2. The number of ether oxygens (including phenoxy) is 1. The first-order valence-electron chi connectivity index (χ1n) is 8.41. The Labute approximate surface area is 160 Å². The summed E-state index contributed by atoms with van der Waals surface area (Å²) in [5.41, 5.74) is 0.658. The number of nitro benzene ring substituents is 1. The molecule has 3 rings (SSSR count). The summed E-state index contributed by atoms with van der Waals surface area (Å²) < 4.78 is 5.44. The van der Waals surface area contributed by atoms with Crippen LogP contribution in [0.15, 0.2) is 53.7 Å². The number of carbonyl (C=O) groups excluding carboxylic acids is 1. The number of aromatic nitrogens is 1. The van der Waals surface area contributed by atoms with E-state index in [2.05, 4.69) is 4.98 Å². The lowest BCUT2D eigenvalue weighted by Crippen LogP contribution is -2.38. The number of rotatable bonds is 7. The van der Waals surface area contributed by atoms with Crippen LogP contribution in [0.4, 0.5) is 5.69 Å². The third-order valence-electron chi connectivity index (χ3n) is 4.15. The van der Waals surface area contributed by atoms with Gasteiger partial charge in [0.25, 0.3) is 5.69 Å². The van der Waals surface area contributed by atoms with Crippen molar-refractivity contribution in [3.63, 3.8) is 0 Å². The molecule has 0 aliphatic carbocycles. The van der Waals surface area contributed by atoms with E-state index in [0.717, 1.165) is 4.90 Å². The zero-order valence-corrected chi connectivity index (χ0v) is 15.2. The van der Waals surface area contributed by atoms with Gasteiger partial charge in [0.15, 0.2) is 5.37 Å². The molecular formula is C18H19N3O5S. The molecule has 1 aliphatic heterocycles. The summed E-state index contributed by atoms with van der Waals surface area (Å²) in [5, 5.41) is 19.9. The molecule has 0 amide bonds. The number of β-amino-alcohol motifs (C(OH)–C–C–N with tert-alkyl or cyclic N) is 1. The number of non-ortho nitro benzene ring substituents is 1. The third-order valence-corrected chi connectivity index (χ3v) is 5.41. The fourth-order valence-corrected chi connectivity index (χ4v) is 3.78. The second kappa shape index (κ2) is 8.94. The normalized spacial score (nSPS) is 18.2.